The van der Waals surface area contributed by atoms with E-state index in [1.807, 2.05) is 26.1 Å². The smallest absolute Gasteiger partial charge is 0.251 e. The number of nitrogens with zero attached hydrogens (tertiary/aromatic N) is 2. The Morgan fingerprint density at radius 2 is 2.19 bits per heavy atom. The molecule has 0 spiro atoms. The van der Waals surface area contributed by atoms with Crippen LogP contribution in [0.1, 0.15) is 17.3 Å². The quantitative estimate of drug-likeness (QED) is 0.750. The summed E-state index contributed by atoms with van der Waals surface area (Å²) in [4.78, 5) is 20.2. The molecule has 2 rings (SSSR count). The van der Waals surface area contributed by atoms with Crippen molar-refractivity contribution in [2.75, 3.05) is 18.9 Å². The number of anilines is 2. The average molecular weight is 285 g/mol. The second-order valence-electron chi connectivity index (χ2n) is 4.70. The monoisotopic (exact) mass is 285 g/mol. The molecule has 0 aliphatic heterocycles. The van der Waals surface area contributed by atoms with E-state index >= 15 is 0 Å². The van der Waals surface area contributed by atoms with Crippen LogP contribution in [0.4, 0.5) is 11.5 Å². The Morgan fingerprint density at radius 1 is 1.33 bits per heavy atom. The molecule has 3 N–H and O–H groups in total. The summed E-state index contributed by atoms with van der Waals surface area (Å²) in [5, 5.41) is 9.07. The van der Waals surface area contributed by atoms with Crippen LogP contribution in [0.2, 0.25) is 0 Å². The first-order chi connectivity index (χ1) is 10.2. The number of rotatable bonds is 6. The van der Waals surface area contributed by atoms with E-state index in [0.29, 0.717) is 17.9 Å². The van der Waals surface area contributed by atoms with Gasteiger partial charge in [0.1, 0.15) is 5.82 Å². The van der Waals surface area contributed by atoms with Crippen molar-refractivity contribution in [2.45, 2.75) is 13.0 Å². The Kier molecular flexibility index (Phi) is 5.22. The maximum Gasteiger partial charge on any atom is 0.251 e. The Morgan fingerprint density at radius 3 is 2.90 bits per heavy atom. The van der Waals surface area contributed by atoms with Crippen molar-refractivity contribution in [3.05, 3.63) is 48.4 Å². The summed E-state index contributed by atoms with van der Waals surface area (Å²) in [5.74, 6) is 0.541. The van der Waals surface area contributed by atoms with Gasteiger partial charge >= 0.3 is 0 Å². The van der Waals surface area contributed by atoms with Crippen molar-refractivity contribution >= 4 is 17.4 Å². The van der Waals surface area contributed by atoms with E-state index in [1.54, 1.807) is 30.7 Å². The van der Waals surface area contributed by atoms with Gasteiger partial charge in [0.2, 0.25) is 0 Å². The van der Waals surface area contributed by atoms with Crippen molar-refractivity contribution in [2.24, 2.45) is 0 Å². The van der Waals surface area contributed by atoms with Gasteiger partial charge in [0.05, 0.1) is 6.20 Å². The number of amides is 1. The largest absolute Gasteiger partial charge is 0.350 e. The lowest BCUT2D eigenvalue weighted by Gasteiger charge is -2.12. The molecule has 0 aliphatic carbocycles. The fourth-order valence-corrected chi connectivity index (χ4v) is 1.70. The Labute approximate surface area is 124 Å². The zero-order valence-electron chi connectivity index (χ0n) is 12.1. The molecule has 2 aromatic rings. The van der Waals surface area contributed by atoms with E-state index in [4.69, 9.17) is 0 Å². The topological polar surface area (TPSA) is 78.9 Å². The van der Waals surface area contributed by atoms with Crippen LogP contribution < -0.4 is 16.0 Å². The summed E-state index contributed by atoms with van der Waals surface area (Å²) in [6.45, 7) is 2.59. The minimum atomic E-state index is -0.0973. The van der Waals surface area contributed by atoms with E-state index in [9.17, 15) is 4.79 Å². The third kappa shape index (κ3) is 4.54. The first-order valence-corrected chi connectivity index (χ1v) is 6.77. The predicted octanol–water partition coefficient (Wildman–Crippen LogP) is 1.56. The molecule has 6 nitrogen and oxygen atoms in total. The molecule has 1 aromatic heterocycles. The Balaban J connectivity index is 2.02. The lowest BCUT2D eigenvalue weighted by molar-refractivity contribution is 0.0950. The first kappa shape index (κ1) is 14.9. The van der Waals surface area contributed by atoms with Gasteiger partial charge in [0, 0.05) is 36.2 Å². The number of aromatic nitrogens is 2. The lowest BCUT2D eigenvalue weighted by Crippen LogP contribution is -2.37. The molecule has 0 radical (unpaired) electrons. The van der Waals surface area contributed by atoms with Gasteiger partial charge in [-0.2, -0.15) is 0 Å². The van der Waals surface area contributed by atoms with Crippen LogP contribution in [0.25, 0.3) is 0 Å². The summed E-state index contributed by atoms with van der Waals surface area (Å²) in [6.07, 6.45) is 4.84. The lowest BCUT2D eigenvalue weighted by atomic mass is 10.2. The molecule has 0 saturated carbocycles. The highest BCUT2D eigenvalue weighted by molar-refractivity contribution is 5.95. The van der Waals surface area contributed by atoms with Crippen LogP contribution in [-0.4, -0.2) is 35.5 Å². The highest BCUT2D eigenvalue weighted by Gasteiger charge is 2.07. The fraction of sp³-hybridized carbons (Fsp3) is 0.267. The number of carbonyl (C=O) groups excluding carboxylic acids is 1. The normalized spacial score (nSPS) is 11.7. The van der Waals surface area contributed by atoms with Gasteiger partial charge in [0.15, 0.2) is 0 Å². The van der Waals surface area contributed by atoms with Crippen LogP contribution in [-0.2, 0) is 0 Å². The molecule has 0 aliphatic rings. The van der Waals surface area contributed by atoms with Crippen LogP contribution in [0.5, 0.6) is 0 Å². The molecule has 1 aromatic carbocycles. The summed E-state index contributed by atoms with van der Waals surface area (Å²) >= 11 is 0. The Bertz CT molecular complexity index is 588. The van der Waals surface area contributed by atoms with E-state index in [2.05, 4.69) is 25.9 Å². The van der Waals surface area contributed by atoms with Gasteiger partial charge in [-0.3, -0.25) is 9.78 Å². The van der Waals surface area contributed by atoms with Crippen LogP contribution in [0.15, 0.2) is 42.9 Å². The fourth-order valence-electron chi connectivity index (χ4n) is 1.70. The van der Waals surface area contributed by atoms with Crippen LogP contribution in [0.3, 0.4) is 0 Å². The summed E-state index contributed by atoms with van der Waals surface area (Å²) in [5.41, 5.74) is 1.40. The standard InChI is InChI=1S/C15H19N5O/c1-11(16-2)9-19-15(21)12-4-3-5-13(8-12)20-14-10-17-6-7-18-14/h3-8,10-11,16H,9H2,1-2H3,(H,18,20)(H,19,21). The molecule has 110 valence electrons. The summed E-state index contributed by atoms with van der Waals surface area (Å²) < 4.78 is 0. The van der Waals surface area contributed by atoms with Crippen molar-refractivity contribution in [3.63, 3.8) is 0 Å². The predicted molar refractivity (Wildman–Crippen MR) is 82.6 cm³/mol. The molecule has 1 atom stereocenters. The molecule has 1 amide bonds. The molecule has 21 heavy (non-hydrogen) atoms. The van der Waals surface area contributed by atoms with E-state index in [0.717, 1.165) is 5.69 Å². The minimum absolute atomic E-state index is 0.0973. The number of hydrogen-bond acceptors (Lipinski definition) is 5. The molecule has 6 heteroatoms. The molecule has 1 heterocycles. The molecule has 0 saturated heterocycles. The van der Waals surface area contributed by atoms with Crippen LogP contribution >= 0.6 is 0 Å². The molecular formula is C15H19N5O. The van der Waals surface area contributed by atoms with Gasteiger partial charge in [-0.05, 0) is 32.2 Å². The van der Waals surface area contributed by atoms with Crippen molar-refractivity contribution < 1.29 is 4.79 Å². The van der Waals surface area contributed by atoms with Gasteiger partial charge in [0.25, 0.3) is 5.91 Å². The maximum atomic E-state index is 12.1. The number of benzene rings is 1. The highest BCUT2D eigenvalue weighted by Crippen LogP contribution is 2.15. The number of likely N-dealkylation sites (N-methyl/N-ethyl adjacent to an activating group) is 1. The Hall–Kier alpha value is -2.47. The molecule has 0 fully saturated rings. The van der Waals surface area contributed by atoms with Gasteiger partial charge < -0.3 is 16.0 Å². The SMILES string of the molecule is CNC(C)CNC(=O)c1cccc(Nc2cnccn2)c1. The maximum absolute atomic E-state index is 12.1. The van der Waals surface area contributed by atoms with Crippen LogP contribution in [0, 0.1) is 0 Å². The minimum Gasteiger partial charge on any atom is -0.350 e. The zero-order chi connectivity index (χ0) is 15.1. The average Bonchev–Trinajstić information content (AvgIpc) is 2.53. The molecular weight excluding hydrogens is 266 g/mol. The highest BCUT2D eigenvalue weighted by atomic mass is 16.1. The van der Waals surface area contributed by atoms with E-state index in [1.165, 1.54) is 0 Å². The summed E-state index contributed by atoms with van der Waals surface area (Å²) in [6, 6.07) is 7.50. The summed E-state index contributed by atoms with van der Waals surface area (Å²) in [7, 11) is 1.86. The van der Waals surface area contributed by atoms with Crippen molar-refractivity contribution in [1.29, 1.82) is 0 Å². The molecule has 0 bridgehead atoms. The van der Waals surface area contributed by atoms with Gasteiger partial charge in [-0.1, -0.05) is 6.07 Å². The van der Waals surface area contributed by atoms with Crippen molar-refractivity contribution in [3.8, 4) is 0 Å². The zero-order valence-corrected chi connectivity index (χ0v) is 12.1. The van der Waals surface area contributed by atoms with Crippen molar-refractivity contribution in [1.82, 2.24) is 20.6 Å². The van der Waals surface area contributed by atoms with Gasteiger partial charge in [-0.15, -0.1) is 0 Å². The van der Waals surface area contributed by atoms with Gasteiger partial charge in [-0.25, -0.2) is 4.98 Å². The molecule has 1 unspecified atom stereocenters. The second kappa shape index (κ2) is 7.35. The third-order valence-electron chi connectivity index (χ3n) is 3.02. The number of hydrogen-bond donors (Lipinski definition) is 3. The number of carbonyl (C=O) groups is 1. The first-order valence-electron chi connectivity index (χ1n) is 6.77. The second-order valence-corrected chi connectivity index (χ2v) is 4.70. The number of nitrogens with one attached hydrogen (secondary N) is 3. The van der Waals surface area contributed by atoms with E-state index in [-0.39, 0.29) is 11.9 Å². The third-order valence-corrected chi connectivity index (χ3v) is 3.02. The van der Waals surface area contributed by atoms with E-state index < -0.39 is 0 Å².